The van der Waals surface area contributed by atoms with Gasteiger partial charge in [-0.25, -0.2) is 0 Å². The number of rotatable bonds is 5. The number of likely N-dealkylation sites (tertiary alicyclic amines) is 1. The zero-order valence-corrected chi connectivity index (χ0v) is 14.9. The van der Waals surface area contributed by atoms with Gasteiger partial charge in [0.15, 0.2) is 0 Å². The van der Waals surface area contributed by atoms with Gasteiger partial charge in [-0.15, -0.1) is 0 Å². The smallest absolute Gasteiger partial charge is 0.244 e. The molecule has 4 rings (SSSR count). The topological polar surface area (TPSA) is 84.9 Å². The van der Waals surface area contributed by atoms with Crippen molar-refractivity contribution in [3.63, 3.8) is 0 Å². The zero-order chi connectivity index (χ0) is 18.4. The van der Waals surface area contributed by atoms with Crippen molar-refractivity contribution in [1.82, 2.24) is 4.90 Å². The molecule has 7 heteroatoms. The van der Waals surface area contributed by atoms with Crippen molar-refractivity contribution in [2.75, 3.05) is 26.1 Å². The van der Waals surface area contributed by atoms with Crippen LogP contribution in [0.25, 0.3) is 0 Å². The van der Waals surface area contributed by atoms with Crippen molar-refractivity contribution < 1.29 is 23.9 Å². The van der Waals surface area contributed by atoms with Gasteiger partial charge in [-0.3, -0.25) is 19.3 Å². The fourth-order valence-electron chi connectivity index (χ4n) is 4.87. The van der Waals surface area contributed by atoms with Gasteiger partial charge in [0.2, 0.25) is 17.7 Å². The highest BCUT2D eigenvalue weighted by atomic mass is 16.5. The van der Waals surface area contributed by atoms with E-state index in [4.69, 9.17) is 9.47 Å². The molecule has 3 fully saturated rings. The van der Waals surface area contributed by atoms with Crippen LogP contribution in [0.1, 0.15) is 19.3 Å². The van der Waals surface area contributed by atoms with E-state index in [1.54, 1.807) is 18.2 Å². The molecule has 1 aromatic carbocycles. The molecular formula is C19H22N2O5. The van der Waals surface area contributed by atoms with E-state index >= 15 is 0 Å². The quantitative estimate of drug-likeness (QED) is 0.810. The summed E-state index contributed by atoms with van der Waals surface area (Å²) >= 11 is 0. The van der Waals surface area contributed by atoms with Gasteiger partial charge in [-0.1, -0.05) is 0 Å². The molecule has 0 spiro atoms. The van der Waals surface area contributed by atoms with Crippen molar-refractivity contribution in [2.24, 2.45) is 23.7 Å². The highest BCUT2D eigenvalue weighted by Crippen LogP contribution is 2.56. The lowest BCUT2D eigenvalue weighted by Crippen LogP contribution is -2.39. The van der Waals surface area contributed by atoms with Crippen LogP contribution in [0.4, 0.5) is 5.69 Å². The standard InChI is InChI=1S/C19H22N2O5/c1-25-12-5-6-14(26-2)13(8-12)20-15(22)9-21-18(23)16-10-3-4-11(7-10)17(16)19(21)24/h5-6,8,10-11,16-17H,3-4,7,9H2,1-2H3,(H,20,22)/t10-,11-,16-,17+/m0/s1. The summed E-state index contributed by atoms with van der Waals surface area (Å²) in [5.74, 6) is 0.473. The zero-order valence-electron chi connectivity index (χ0n) is 14.9. The second-order valence-corrected chi connectivity index (χ2v) is 7.26. The number of nitrogens with zero attached hydrogens (tertiary/aromatic N) is 1. The van der Waals surface area contributed by atoms with Crippen molar-refractivity contribution in [2.45, 2.75) is 19.3 Å². The highest BCUT2D eigenvalue weighted by Gasteiger charge is 2.60. The number of fused-ring (bicyclic) bond motifs is 5. The molecule has 138 valence electrons. The number of hydrogen-bond donors (Lipinski definition) is 1. The summed E-state index contributed by atoms with van der Waals surface area (Å²) in [4.78, 5) is 39.0. The van der Waals surface area contributed by atoms with E-state index in [1.807, 2.05) is 0 Å². The van der Waals surface area contributed by atoms with Crippen LogP contribution in [-0.2, 0) is 14.4 Å². The monoisotopic (exact) mass is 358 g/mol. The Hall–Kier alpha value is -2.57. The predicted octanol–water partition coefficient (Wildman–Crippen LogP) is 1.67. The molecule has 2 aliphatic carbocycles. The summed E-state index contributed by atoms with van der Waals surface area (Å²) in [6, 6.07) is 5.04. The van der Waals surface area contributed by atoms with E-state index in [1.165, 1.54) is 14.2 Å². The Kier molecular flexibility index (Phi) is 4.09. The second kappa shape index (κ2) is 6.30. The van der Waals surface area contributed by atoms with E-state index in [0.29, 0.717) is 29.0 Å². The van der Waals surface area contributed by atoms with Gasteiger partial charge in [0.05, 0.1) is 31.7 Å². The Morgan fingerprint density at radius 1 is 1.12 bits per heavy atom. The number of imide groups is 1. The lowest BCUT2D eigenvalue weighted by molar-refractivity contribution is -0.143. The minimum atomic E-state index is -0.425. The fourth-order valence-corrected chi connectivity index (χ4v) is 4.87. The minimum Gasteiger partial charge on any atom is -0.497 e. The number of ether oxygens (including phenoxy) is 2. The van der Waals surface area contributed by atoms with E-state index in [-0.39, 0.29) is 30.2 Å². The Labute approximate surface area is 151 Å². The van der Waals surface area contributed by atoms with E-state index in [2.05, 4.69) is 5.32 Å². The number of nitrogens with one attached hydrogen (secondary N) is 1. The third-order valence-electron chi connectivity index (χ3n) is 6.00. The van der Waals surface area contributed by atoms with Crippen LogP contribution in [0.3, 0.4) is 0 Å². The van der Waals surface area contributed by atoms with Gasteiger partial charge >= 0.3 is 0 Å². The third kappa shape index (κ3) is 2.53. The second-order valence-electron chi connectivity index (χ2n) is 7.26. The lowest BCUT2D eigenvalue weighted by atomic mass is 9.81. The van der Waals surface area contributed by atoms with E-state index in [0.717, 1.165) is 24.2 Å². The molecule has 2 saturated carbocycles. The van der Waals surface area contributed by atoms with Gasteiger partial charge in [0.25, 0.3) is 0 Å². The Morgan fingerprint density at radius 2 is 1.77 bits per heavy atom. The summed E-state index contributed by atoms with van der Waals surface area (Å²) in [6.07, 6.45) is 3.02. The molecule has 0 aromatic heterocycles. The minimum absolute atomic E-state index is 0.181. The fraction of sp³-hybridized carbons (Fsp3) is 0.526. The number of carbonyl (C=O) groups is 3. The summed E-state index contributed by atoms with van der Waals surface area (Å²) in [7, 11) is 3.03. The van der Waals surface area contributed by atoms with E-state index < -0.39 is 5.91 Å². The van der Waals surface area contributed by atoms with Crippen LogP contribution >= 0.6 is 0 Å². The van der Waals surface area contributed by atoms with Gasteiger partial charge in [-0.05, 0) is 43.2 Å². The number of methoxy groups -OCH3 is 2. The maximum Gasteiger partial charge on any atom is 0.244 e. The first-order valence-electron chi connectivity index (χ1n) is 8.90. The predicted molar refractivity (Wildman–Crippen MR) is 92.7 cm³/mol. The van der Waals surface area contributed by atoms with Gasteiger partial charge in [0, 0.05) is 6.07 Å². The molecule has 1 aromatic rings. The van der Waals surface area contributed by atoms with Crippen LogP contribution in [-0.4, -0.2) is 43.4 Å². The van der Waals surface area contributed by atoms with Crippen LogP contribution in [0.5, 0.6) is 11.5 Å². The Bertz CT molecular complexity index is 749. The van der Waals surface area contributed by atoms with Crippen LogP contribution in [0.15, 0.2) is 18.2 Å². The molecule has 1 heterocycles. The number of amides is 3. The van der Waals surface area contributed by atoms with Gasteiger partial charge in [0.1, 0.15) is 18.0 Å². The molecule has 2 bridgehead atoms. The van der Waals surface area contributed by atoms with Crippen molar-refractivity contribution in [3.8, 4) is 11.5 Å². The van der Waals surface area contributed by atoms with Crippen molar-refractivity contribution >= 4 is 23.4 Å². The largest absolute Gasteiger partial charge is 0.497 e. The van der Waals surface area contributed by atoms with Crippen LogP contribution < -0.4 is 14.8 Å². The highest BCUT2D eigenvalue weighted by molar-refractivity contribution is 6.09. The molecule has 26 heavy (non-hydrogen) atoms. The normalized spacial score (nSPS) is 29.1. The number of carbonyl (C=O) groups excluding carboxylic acids is 3. The number of benzene rings is 1. The molecule has 1 N–H and O–H groups in total. The summed E-state index contributed by atoms with van der Waals surface area (Å²) in [6.45, 7) is -0.259. The molecule has 4 atom stereocenters. The SMILES string of the molecule is COc1ccc(OC)c(NC(=O)CN2C(=O)[C@@H]3[C@H]4CC[C@@H](C4)[C@@H]3C2=O)c1. The average molecular weight is 358 g/mol. The summed E-state index contributed by atoms with van der Waals surface area (Å²) in [5.41, 5.74) is 0.441. The maximum atomic E-state index is 12.7. The molecule has 0 unspecified atom stereocenters. The molecule has 1 aliphatic heterocycles. The first-order chi connectivity index (χ1) is 12.5. The average Bonchev–Trinajstić information content (AvgIpc) is 3.31. The molecule has 3 aliphatic rings. The number of anilines is 1. The number of hydrogen-bond acceptors (Lipinski definition) is 5. The van der Waals surface area contributed by atoms with Gasteiger partial charge < -0.3 is 14.8 Å². The van der Waals surface area contributed by atoms with Crippen LogP contribution in [0.2, 0.25) is 0 Å². The Balaban J connectivity index is 1.47. The van der Waals surface area contributed by atoms with Gasteiger partial charge in [-0.2, -0.15) is 0 Å². The summed E-state index contributed by atoms with van der Waals surface area (Å²) in [5, 5.41) is 2.72. The summed E-state index contributed by atoms with van der Waals surface area (Å²) < 4.78 is 10.4. The molecular weight excluding hydrogens is 336 g/mol. The van der Waals surface area contributed by atoms with Crippen molar-refractivity contribution in [3.05, 3.63) is 18.2 Å². The molecule has 0 radical (unpaired) electrons. The van der Waals surface area contributed by atoms with E-state index in [9.17, 15) is 14.4 Å². The van der Waals surface area contributed by atoms with Crippen molar-refractivity contribution in [1.29, 1.82) is 0 Å². The first kappa shape index (κ1) is 16.9. The van der Waals surface area contributed by atoms with Crippen LogP contribution in [0, 0.1) is 23.7 Å². The molecule has 3 amide bonds. The molecule has 1 saturated heterocycles. The first-order valence-corrected chi connectivity index (χ1v) is 8.90. The maximum absolute atomic E-state index is 12.7. The molecule has 7 nitrogen and oxygen atoms in total. The lowest BCUT2D eigenvalue weighted by Gasteiger charge is -2.19. The Morgan fingerprint density at radius 3 is 2.35 bits per heavy atom. The third-order valence-corrected chi connectivity index (χ3v) is 6.00.